The van der Waals surface area contributed by atoms with Crippen LogP contribution in [-0.4, -0.2) is 21.1 Å². The zero-order chi connectivity index (χ0) is 14.6. The SMILES string of the molecule is CCOc1cc(Cl)c(S(=O)(=O)N[C@H](C)CC)cc1Cl. The van der Waals surface area contributed by atoms with Gasteiger partial charge in [-0.15, -0.1) is 0 Å². The van der Waals surface area contributed by atoms with Gasteiger partial charge >= 0.3 is 0 Å². The molecular weight excluding hydrogens is 309 g/mol. The molecule has 1 N–H and O–H groups in total. The summed E-state index contributed by atoms with van der Waals surface area (Å²) in [5.41, 5.74) is 0. The monoisotopic (exact) mass is 325 g/mol. The molecule has 108 valence electrons. The van der Waals surface area contributed by atoms with Gasteiger partial charge in [0.1, 0.15) is 10.6 Å². The molecule has 0 aliphatic rings. The first-order valence-corrected chi connectivity index (χ1v) is 8.19. The van der Waals surface area contributed by atoms with Crippen molar-refractivity contribution in [1.82, 2.24) is 4.72 Å². The van der Waals surface area contributed by atoms with Crippen LogP contribution in [0.2, 0.25) is 10.0 Å². The number of hydrogen-bond donors (Lipinski definition) is 1. The first kappa shape index (κ1) is 16.6. The van der Waals surface area contributed by atoms with Gasteiger partial charge < -0.3 is 4.74 Å². The van der Waals surface area contributed by atoms with E-state index in [1.165, 1.54) is 12.1 Å². The number of nitrogens with one attached hydrogen (secondary N) is 1. The molecule has 7 heteroatoms. The molecule has 0 fully saturated rings. The highest BCUT2D eigenvalue weighted by Gasteiger charge is 2.22. The highest BCUT2D eigenvalue weighted by Crippen LogP contribution is 2.33. The van der Waals surface area contributed by atoms with Gasteiger partial charge in [0.2, 0.25) is 10.0 Å². The van der Waals surface area contributed by atoms with Crippen molar-refractivity contribution in [3.8, 4) is 5.75 Å². The third-order valence-electron chi connectivity index (χ3n) is 2.54. The van der Waals surface area contributed by atoms with Gasteiger partial charge in [-0.3, -0.25) is 0 Å². The van der Waals surface area contributed by atoms with E-state index in [-0.39, 0.29) is 21.0 Å². The van der Waals surface area contributed by atoms with Gasteiger partial charge in [-0.25, -0.2) is 13.1 Å². The fraction of sp³-hybridized carbons (Fsp3) is 0.500. The van der Waals surface area contributed by atoms with Crippen molar-refractivity contribution >= 4 is 33.2 Å². The number of benzene rings is 1. The van der Waals surface area contributed by atoms with Gasteiger partial charge in [0.25, 0.3) is 0 Å². The number of ether oxygens (including phenoxy) is 1. The molecule has 1 rings (SSSR count). The van der Waals surface area contributed by atoms with E-state index in [0.29, 0.717) is 18.8 Å². The van der Waals surface area contributed by atoms with Crippen LogP contribution < -0.4 is 9.46 Å². The molecular formula is C12H17Cl2NO3S. The van der Waals surface area contributed by atoms with Crippen molar-refractivity contribution in [2.75, 3.05) is 6.61 Å². The van der Waals surface area contributed by atoms with E-state index < -0.39 is 10.0 Å². The van der Waals surface area contributed by atoms with Crippen molar-refractivity contribution in [3.05, 3.63) is 22.2 Å². The number of hydrogen-bond acceptors (Lipinski definition) is 3. The molecule has 0 aliphatic carbocycles. The fourth-order valence-electron chi connectivity index (χ4n) is 1.39. The maximum atomic E-state index is 12.1. The van der Waals surface area contributed by atoms with E-state index in [1.807, 2.05) is 6.92 Å². The van der Waals surface area contributed by atoms with Crippen LogP contribution in [0.5, 0.6) is 5.75 Å². The van der Waals surface area contributed by atoms with Crippen LogP contribution in [0.15, 0.2) is 17.0 Å². The van der Waals surface area contributed by atoms with Gasteiger partial charge in [0.05, 0.1) is 16.7 Å². The van der Waals surface area contributed by atoms with E-state index in [2.05, 4.69) is 4.72 Å². The minimum atomic E-state index is -3.68. The van der Waals surface area contributed by atoms with E-state index in [9.17, 15) is 8.42 Å². The van der Waals surface area contributed by atoms with Crippen LogP contribution >= 0.6 is 23.2 Å². The lowest BCUT2D eigenvalue weighted by Gasteiger charge is -2.14. The quantitative estimate of drug-likeness (QED) is 0.871. The topological polar surface area (TPSA) is 55.4 Å². The summed E-state index contributed by atoms with van der Waals surface area (Å²) in [6, 6.07) is 2.55. The highest BCUT2D eigenvalue weighted by molar-refractivity contribution is 7.89. The molecule has 4 nitrogen and oxygen atoms in total. The smallest absolute Gasteiger partial charge is 0.242 e. The van der Waals surface area contributed by atoms with Gasteiger partial charge in [-0.05, 0) is 26.3 Å². The summed E-state index contributed by atoms with van der Waals surface area (Å²) in [6.07, 6.45) is 0.682. The molecule has 1 aromatic carbocycles. The molecule has 0 saturated carbocycles. The normalized spacial score (nSPS) is 13.3. The van der Waals surface area contributed by atoms with Crippen molar-refractivity contribution < 1.29 is 13.2 Å². The molecule has 0 amide bonds. The Hall–Kier alpha value is -0.490. The minimum Gasteiger partial charge on any atom is -0.492 e. The summed E-state index contributed by atoms with van der Waals surface area (Å²) in [7, 11) is -3.68. The Kier molecular flexibility index (Phi) is 5.92. The number of sulfonamides is 1. The second-order valence-corrected chi connectivity index (χ2v) is 6.57. The zero-order valence-corrected chi connectivity index (χ0v) is 13.4. The van der Waals surface area contributed by atoms with Crippen LogP contribution in [0.4, 0.5) is 0 Å². The fourth-order valence-corrected chi connectivity index (χ4v) is 3.55. The third kappa shape index (κ3) is 4.24. The summed E-state index contributed by atoms with van der Waals surface area (Å²) in [5.74, 6) is 0.372. The molecule has 0 aliphatic heterocycles. The third-order valence-corrected chi connectivity index (χ3v) is 4.89. The average molecular weight is 326 g/mol. The number of rotatable bonds is 6. The maximum Gasteiger partial charge on any atom is 0.242 e. The Balaban J connectivity index is 3.17. The Morgan fingerprint density at radius 1 is 1.26 bits per heavy atom. The summed E-state index contributed by atoms with van der Waals surface area (Å²) in [4.78, 5) is -0.0390. The Labute approximate surface area is 124 Å². The van der Waals surface area contributed by atoms with Gasteiger partial charge in [0, 0.05) is 12.1 Å². The van der Waals surface area contributed by atoms with Gasteiger partial charge in [0.15, 0.2) is 0 Å². The molecule has 0 aromatic heterocycles. The van der Waals surface area contributed by atoms with Crippen molar-refractivity contribution in [2.45, 2.75) is 38.1 Å². The highest BCUT2D eigenvalue weighted by atomic mass is 35.5. The molecule has 19 heavy (non-hydrogen) atoms. The molecule has 0 bridgehead atoms. The molecule has 0 heterocycles. The zero-order valence-electron chi connectivity index (χ0n) is 11.0. The molecule has 1 atom stereocenters. The van der Waals surface area contributed by atoms with E-state index in [4.69, 9.17) is 27.9 Å². The van der Waals surface area contributed by atoms with Crippen LogP contribution in [0.25, 0.3) is 0 Å². The van der Waals surface area contributed by atoms with Crippen LogP contribution in [0.1, 0.15) is 27.2 Å². The lowest BCUT2D eigenvalue weighted by molar-refractivity contribution is 0.340. The Morgan fingerprint density at radius 3 is 2.42 bits per heavy atom. The van der Waals surface area contributed by atoms with Crippen LogP contribution in [-0.2, 0) is 10.0 Å². The second kappa shape index (κ2) is 6.79. The lowest BCUT2D eigenvalue weighted by atomic mass is 10.3. The summed E-state index contributed by atoms with van der Waals surface area (Å²) in [6.45, 7) is 5.90. The van der Waals surface area contributed by atoms with Crippen molar-refractivity contribution in [1.29, 1.82) is 0 Å². The van der Waals surface area contributed by atoms with Crippen LogP contribution in [0.3, 0.4) is 0 Å². The standard InChI is InChI=1S/C12H17Cl2NO3S/c1-4-8(3)15-19(16,17)12-7-9(13)11(18-5-2)6-10(12)14/h6-8,15H,4-5H2,1-3H3/t8-/m1/s1. The Morgan fingerprint density at radius 2 is 1.89 bits per heavy atom. The predicted molar refractivity (Wildman–Crippen MR) is 77.7 cm³/mol. The second-order valence-electron chi connectivity index (χ2n) is 4.08. The number of halogens is 2. The van der Waals surface area contributed by atoms with Crippen molar-refractivity contribution in [3.63, 3.8) is 0 Å². The van der Waals surface area contributed by atoms with Crippen LogP contribution in [0, 0.1) is 0 Å². The largest absolute Gasteiger partial charge is 0.492 e. The predicted octanol–water partition coefficient (Wildman–Crippen LogP) is 3.47. The van der Waals surface area contributed by atoms with E-state index in [0.717, 1.165) is 0 Å². The molecule has 0 unspecified atom stereocenters. The first-order chi connectivity index (χ1) is 8.81. The molecule has 0 saturated heterocycles. The van der Waals surface area contributed by atoms with E-state index in [1.54, 1.807) is 13.8 Å². The average Bonchev–Trinajstić information content (AvgIpc) is 2.32. The molecule has 1 aromatic rings. The summed E-state index contributed by atoms with van der Waals surface area (Å²) < 4.78 is 32.1. The van der Waals surface area contributed by atoms with Crippen molar-refractivity contribution in [2.24, 2.45) is 0 Å². The van der Waals surface area contributed by atoms with Gasteiger partial charge in [-0.1, -0.05) is 30.1 Å². The first-order valence-electron chi connectivity index (χ1n) is 5.96. The van der Waals surface area contributed by atoms with E-state index >= 15 is 0 Å². The maximum absolute atomic E-state index is 12.1. The lowest BCUT2D eigenvalue weighted by Crippen LogP contribution is -2.32. The summed E-state index contributed by atoms with van der Waals surface area (Å²) >= 11 is 12.0. The molecule has 0 spiro atoms. The molecule has 0 radical (unpaired) electrons. The minimum absolute atomic E-state index is 0.0390. The summed E-state index contributed by atoms with van der Waals surface area (Å²) in [5, 5.41) is 0.305. The Bertz CT molecular complexity index is 546. The van der Waals surface area contributed by atoms with Gasteiger partial charge in [-0.2, -0.15) is 0 Å².